The molecule has 26 heavy (non-hydrogen) atoms. The minimum absolute atomic E-state index is 0.121. The van der Waals surface area contributed by atoms with Crippen molar-refractivity contribution < 1.29 is 4.39 Å². The molecule has 0 atom stereocenters. The molecule has 2 heterocycles. The summed E-state index contributed by atoms with van der Waals surface area (Å²) in [5, 5.41) is 5.31. The summed E-state index contributed by atoms with van der Waals surface area (Å²) in [6.45, 7) is 4.78. The molecule has 0 N–H and O–H groups in total. The third-order valence-electron chi connectivity index (χ3n) is 4.37. The van der Waals surface area contributed by atoms with E-state index in [-0.39, 0.29) is 5.02 Å². The fraction of sp³-hybridized carbons (Fsp3) is 0.150. The lowest BCUT2D eigenvalue weighted by Gasteiger charge is -2.07. The Kier molecular flexibility index (Phi) is 4.51. The first-order valence-corrected chi connectivity index (χ1v) is 9.54. The van der Waals surface area contributed by atoms with Crippen molar-refractivity contribution in [1.29, 1.82) is 0 Å². The van der Waals surface area contributed by atoms with Gasteiger partial charge >= 0.3 is 0 Å². The quantitative estimate of drug-likeness (QED) is 0.423. The second-order valence-electron chi connectivity index (χ2n) is 5.98. The molecule has 0 aliphatic carbocycles. The molecule has 0 spiro atoms. The fourth-order valence-electron chi connectivity index (χ4n) is 3.10. The van der Waals surface area contributed by atoms with Gasteiger partial charge < -0.3 is 4.57 Å². The maximum absolute atomic E-state index is 15.0. The lowest BCUT2D eigenvalue weighted by atomic mass is 10.2. The lowest BCUT2D eigenvalue weighted by Crippen LogP contribution is -1.98. The average molecular weight is 386 g/mol. The van der Waals surface area contributed by atoms with Gasteiger partial charge in [0.2, 0.25) is 0 Å². The summed E-state index contributed by atoms with van der Waals surface area (Å²) in [6.07, 6.45) is 3.68. The highest BCUT2D eigenvalue weighted by Crippen LogP contribution is 2.41. The van der Waals surface area contributed by atoms with Crippen LogP contribution in [0.4, 0.5) is 4.39 Å². The molecule has 2 aromatic carbocycles. The van der Waals surface area contributed by atoms with E-state index in [0.29, 0.717) is 5.52 Å². The molecule has 0 bridgehead atoms. The van der Waals surface area contributed by atoms with Crippen molar-refractivity contribution in [3.8, 4) is 5.69 Å². The number of hydrogen-bond donors (Lipinski definition) is 0. The molecule has 0 saturated carbocycles. The van der Waals surface area contributed by atoms with Crippen LogP contribution in [-0.4, -0.2) is 14.3 Å². The van der Waals surface area contributed by atoms with E-state index in [4.69, 9.17) is 11.6 Å². The summed E-state index contributed by atoms with van der Waals surface area (Å²) in [5.41, 5.74) is 2.28. The smallest absolute Gasteiger partial charge is 0.166 e. The van der Waals surface area contributed by atoms with Crippen LogP contribution in [0, 0.1) is 12.7 Å². The van der Waals surface area contributed by atoms with Gasteiger partial charge in [-0.3, -0.25) is 4.68 Å². The van der Waals surface area contributed by atoms with Crippen LogP contribution in [-0.2, 0) is 6.54 Å². The second-order valence-corrected chi connectivity index (χ2v) is 7.47. The Labute approximate surface area is 160 Å². The summed E-state index contributed by atoms with van der Waals surface area (Å²) in [7, 11) is 0. The van der Waals surface area contributed by atoms with E-state index in [1.807, 2.05) is 53.6 Å². The molecule has 4 aromatic rings. The number of benzene rings is 2. The lowest BCUT2D eigenvalue weighted by molar-refractivity contribution is 0.634. The molecule has 0 radical (unpaired) electrons. The zero-order valence-electron chi connectivity index (χ0n) is 14.4. The molecule has 0 unspecified atom stereocenters. The van der Waals surface area contributed by atoms with Gasteiger partial charge in [-0.25, -0.2) is 4.39 Å². The monoisotopic (exact) mass is 385 g/mol. The van der Waals surface area contributed by atoms with Gasteiger partial charge in [0.1, 0.15) is 0 Å². The predicted octanol–water partition coefficient (Wildman–Crippen LogP) is 6.10. The fourth-order valence-corrected chi connectivity index (χ4v) is 4.30. The van der Waals surface area contributed by atoms with Gasteiger partial charge in [0, 0.05) is 33.6 Å². The Morgan fingerprint density at radius 1 is 1.15 bits per heavy atom. The molecular formula is C20H17ClFN3S. The van der Waals surface area contributed by atoms with Gasteiger partial charge in [-0.05, 0) is 38.1 Å². The Morgan fingerprint density at radius 3 is 2.62 bits per heavy atom. The number of nitrogens with zero attached hydrogens (tertiary/aromatic N) is 3. The normalized spacial score (nSPS) is 11.4. The summed E-state index contributed by atoms with van der Waals surface area (Å²) in [6, 6.07) is 13.6. The number of rotatable bonds is 4. The van der Waals surface area contributed by atoms with E-state index in [1.165, 1.54) is 0 Å². The van der Waals surface area contributed by atoms with Crippen molar-refractivity contribution >= 4 is 34.3 Å². The molecule has 0 aliphatic rings. The van der Waals surface area contributed by atoms with Crippen LogP contribution in [0.2, 0.25) is 5.02 Å². The van der Waals surface area contributed by atoms with Gasteiger partial charge in [-0.1, -0.05) is 41.6 Å². The molecule has 6 heteroatoms. The molecule has 4 rings (SSSR count). The van der Waals surface area contributed by atoms with E-state index in [0.717, 1.165) is 33.1 Å². The standard InChI is InChI=1S/C20H17ClFN3S/c1-3-24-12-14(11-23-24)25-13(2)20(26-15-7-5-4-6-8-15)16-9-10-17(21)18(22)19(16)25/h4-12H,3H2,1-2H3. The third kappa shape index (κ3) is 2.81. The van der Waals surface area contributed by atoms with E-state index < -0.39 is 5.82 Å². The molecule has 0 aliphatic heterocycles. The third-order valence-corrected chi connectivity index (χ3v) is 5.89. The predicted molar refractivity (Wildman–Crippen MR) is 105 cm³/mol. The number of fused-ring (bicyclic) bond motifs is 1. The number of aromatic nitrogens is 3. The van der Waals surface area contributed by atoms with Crippen LogP contribution in [0.25, 0.3) is 16.6 Å². The zero-order valence-corrected chi connectivity index (χ0v) is 16.0. The number of halogens is 2. The Morgan fingerprint density at radius 2 is 1.92 bits per heavy atom. The second kappa shape index (κ2) is 6.82. The highest BCUT2D eigenvalue weighted by molar-refractivity contribution is 7.99. The van der Waals surface area contributed by atoms with Crippen LogP contribution in [0.1, 0.15) is 12.6 Å². The van der Waals surface area contributed by atoms with Crippen LogP contribution in [0.5, 0.6) is 0 Å². The Balaban J connectivity index is 1.98. The van der Waals surface area contributed by atoms with E-state index in [2.05, 4.69) is 17.2 Å². The zero-order chi connectivity index (χ0) is 18.3. The van der Waals surface area contributed by atoms with Crippen LogP contribution < -0.4 is 0 Å². The minimum atomic E-state index is -0.406. The topological polar surface area (TPSA) is 22.8 Å². The van der Waals surface area contributed by atoms with E-state index in [1.54, 1.807) is 24.0 Å². The van der Waals surface area contributed by atoms with Crippen LogP contribution in [0.3, 0.4) is 0 Å². The SMILES string of the molecule is CCn1cc(-n2c(C)c(Sc3ccccc3)c3ccc(Cl)c(F)c32)cn1. The summed E-state index contributed by atoms with van der Waals surface area (Å²) in [4.78, 5) is 2.13. The summed E-state index contributed by atoms with van der Waals surface area (Å²) < 4.78 is 18.7. The first kappa shape index (κ1) is 17.2. The van der Waals surface area contributed by atoms with Gasteiger partial charge in [-0.15, -0.1) is 0 Å². The molecular weight excluding hydrogens is 369 g/mol. The first-order chi connectivity index (χ1) is 12.6. The van der Waals surface area contributed by atoms with Crippen molar-refractivity contribution in [2.75, 3.05) is 0 Å². The molecule has 0 amide bonds. The average Bonchev–Trinajstić information content (AvgIpc) is 3.23. The molecule has 0 fully saturated rings. The summed E-state index contributed by atoms with van der Waals surface area (Å²) in [5.74, 6) is -0.406. The van der Waals surface area contributed by atoms with Crippen LogP contribution >= 0.6 is 23.4 Å². The molecule has 3 nitrogen and oxygen atoms in total. The van der Waals surface area contributed by atoms with E-state index in [9.17, 15) is 4.39 Å². The first-order valence-electron chi connectivity index (χ1n) is 8.35. The largest absolute Gasteiger partial charge is 0.307 e. The van der Waals surface area contributed by atoms with Crippen molar-refractivity contribution in [1.82, 2.24) is 14.3 Å². The Bertz CT molecular complexity index is 1090. The van der Waals surface area contributed by atoms with Crippen LogP contribution in [0.15, 0.2) is 64.6 Å². The maximum atomic E-state index is 15.0. The summed E-state index contributed by atoms with van der Waals surface area (Å²) >= 11 is 7.71. The molecule has 2 aromatic heterocycles. The molecule has 132 valence electrons. The van der Waals surface area contributed by atoms with Crippen molar-refractivity contribution in [3.63, 3.8) is 0 Å². The van der Waals surface area contributed by atoms with Gasteiger partial charge in [-0.2, -0.15) is 5.10 Å². The Hall–Kier alpha value is -2.24. The highest BCUT2D eigenvalue weighted by Gasteiger charge is 2.21. The minimum Gasteiger partial charge on any atom is -0.307 e. The van der Waals surface area contributed by atoms with Crippen molar-refractivity contribution in [2.24, 2.45) is 0 Å². The molecule has 0 saturated heterocycles. The van der Waals surface area contributed by atoms with Gasteiger partial charge in [0.05, 0.1) is 22.4 Å². The van der Waals surface area contributed by atoms with Crippen molar-refractivity contribution in [2.45, 2.75) is 30.2 Å². The van der Waals surface area contributed by atoms with Gasteiger partial charge in [0.25, 0.3) is 0 Å². The van der Waals surface area contributed by atoms with Gasteiger partial charge in [0.15, 0.2) is 5.82 Å². The maximum Gasteiger partial charge on any atom is 0.166 e. The highest BCUT2D eigenvalue weighted by atomic mass is 35.5. The number of hydrogen-bond acceptors (Lipinski definition) is 2. The van der Waals surface area contributed by atoms with Crippen molar-refractivity contribution in [3.05, 3.63) is 71.4 Å². The number of aryl methyl sites for hydroxylation is 1. The van der Waals surface area contributed by atoms with E-state index >= 15 is 0 Å².